The highest BCUT2D eigenvalue weighted by atomic mass is 16.5. The third kappa shape index (κ3) is 3.10. The normalized spacial score (nSPS) is 10.4. The number of aromatic nitrogens is 2. The van der Waals surface area contributed by atoms with Crippen molar-refractivity contribution >= 4 is 5.97 Å². The number of benzene rings is 1. The molecule has 0 spiro atoms. The summed E-state index contributed by atoms with van der Waals surface area (Å²) in [7, 11) is 0. The molecule has 0 atom stereocenters. The van der Waals surface area contributed by atoms with Crippen molar-refractivity contribution < 1.29 is 9.53 Å². The minimum absolute atomic E-state index is 0.201. The number of ether oxygens (including phenoxy) is 1. The van der Waals surface area contributed by atoms with Gasteiger partial charge in [-0.25, -0.2) is 9.36 Å². The molecule has 0 saturated heterocycles. The number of nitrogens with zero attached hydrogens (tertiary/aromatic N) is 2. The van der Waals surface area contributed by atoms with Crippen molar-refractivity contribution in [3.05, 3.63) is 62.9 Å². The third-order valence-corrected chi connectivity index (χ3v) is 2.98. The van der Waals surface area contributed by atoms with E-state index in [0.717, 1.165) is 4.57 Å². The molecule has 0 saturated carbocycles. The molecule has 0 aliphatic carbocycles. The second-order valence-electron chi connectivity index (χ2n) is 4.47. The van der Waals surface area contributed by atoms with Crippen LogP contribution < -0.4 is 11.2 Å². The highest BCUT2D eigenvalue weighted by molar-refractivity contribution is 5.69. The van der Waals surface area contributed by atoms with Crippen molar-refractivity contribution in [3.63, 3.8) is 0 Å². The number of aryl methyl sites for hydroxylation is 1. The Morgan fingerprint density at radius 2 is 1.86 bits per heavy atom. The van der Waals surface area contributed by atoms with E-state index in [-0.39, 0.29) is 6.61 Å². The number of rotatable bonds is 4. The lowest BCUT2D eigenvalue weighted by molar-refractivity contribution is -0.143. The number of esters is 1. The Bertz CT molecular complexity index is 759. The van der Waals surface area contributed by atoms with E-state index in [9.17, 15) is 14.4 Å². The second-order valence-corrected chi connectivity index (χ2v) is 4.47. The summed E-state index contributed by atoms with van der Waals surface area (Å²) in [6.45, 7) is 3.15. The topological polar surface area (TPSA) is 70.3 Å². The summed E-state index contributed by atoms with van der Waals surface area (Å²) in [5.41, 5.74) is 0.0749. The van der Waals surface area contributed by atoms with E-state index in [1.165, 1.54) is 10.6 Å². The quantitative estimate of drug-likeness (QED) is 0.783. The Morgan fingerprint density at radius 3 is 2.48 bits per heavy atom. The average molecular weight is 288 g/mol. The first-order valence-corrected chi connectivity index (χ1v) is 6.59. The molecule has 0 aliphatic heterocycles. The highest BCUT2D eigenvalue weighted by Crippen LogP contribution is 2.05. The summed E-state index contributed by atoms with van der Waals surface area (Å²) < 4.78 is 7.05. The van der Waals surface area contributed by atoms with Gasteiger partial charge in [-0.3, -0.25) is 14.2 Å². The Labute approximate surface area is 121 Å². The van der Waals surface area contributed by atoms with Gasteiger partial charge in [0.15, 0.2) is 0 Å². The monoisotopic (exact) mass is 288 g/mol. The van der Waals surface area contributed by atoms with Gasteiger partial charge in [-0.05, 0) is 26.0 Å². The lowest BCUT2D eigenvalue weighted by Gasteiger charge is -2.12. The molecule has 0 amide bonds. The third-order valence-electron chi connectivity index (χ3n) is 2.98. The molecule has 0 aliphatic rings. The molecular weight excluding hydrogens is 272 g/mol. The second kappa shape index (κ2) is 6.21. The minimum atomic E-state index is -0.611. The van der Waals surface area contributed by atoms with Gasteiger partial charge in [-0.2, -0.15) is 0 Å². The first-order valence-electron chi connectivity index (χ1n) is 6.59. The standard InChI is InChI=1S/C15H16N2O4/c1-3-21-14(19)10-16-13(18)9-11(2)17(15(16)20)12-7-5-4-6-8-12/h4-9H,3,10H2,1-2H3. The van der Waals surface area contributed by atoms with E-state index in [4.69, 9.17) is 4.74 Å². The number of hydrogen-bond acceptors (Lipinski definition) is 4. The van der Waals surface area contributed by atoms with Crippen LogP contribution in [0.4, 0.5) is 0 Å². The maximum Gasteiger partial charge on any atom is 0.336 e. The predicted octanol–water partition coefficient (Wildman–Crippen LogP) is 0.871. The summed E-state index contributed by atoms with van der Waals surface area (Å²) >= 11 is 0. The molecular formula is C15H16N2O4. The molecule has 0 N–H and O–H groups in total. The molecule has 1 aromatic carbocycles. The van der Waals surface area contributed by atoms with E-state index in [0.29, 0.717) is 11.4 Å². The van der Waals surface area contributed by atoms with Crippen LogP contribution in [0.1, 0.15) is 12.6 Å². The van der Waals surface area contributed by atoms with Crippen LogP contribution in [0.3, 0.4) is 0 Å². The van der Waals surface area contributed by atoms with Crippen molar-refractivity contribution in [3.8, 4) is 5.69 Å². The average Bonchev–Trinajstić information content (AvgIpc) is 2.45. The molecule has 21 heavy (non-hydrogen) atoms. The Morgan fingerprint density at radius 1 is 1.19 bits per heavy atom. The van der Waals surface area contributed by atoms with Crippen LogP contribution in [-0.2, 0) is 16.1 Å². The predicted molar refractivity (Wildman–Crippen MR) is 77.7 cm³/mol. The molecule has 2 aromatic rings. The van der Waals surface area contributed by atoms with Gasteiger partial charge in [0.1, 0.15) is 6.54 Å². The van der Waals surface area contributed by atoms with Crippen molar-refractivity contribution in [2.45, 2.75) is 20.4 Å². The fraction of sp³-hybridized carbons (Fsp3) is 0.267. The van der Waals surface area contributed by atoms with Gasteiger partial charge < -0.3 is 4.74 Å². The molecule has 0 bridgehead atoms. The smallest absolute Gasteiger partial charge is 0.336 e. The maximum atomic E-state index is 12.5. The fourth-order valence-electron chi connectivity index (χ4n) is 2.06. The fourth-order valence-corrected chi connectivity index (χ4v) is 2.06. The van der Waals surface area contributed by atoms with Crippen molar-refractivity contribution in [2.75, 3.05) is 6.61 Å². The van der Waals surface area contributed by atoms with Crippen LogP contribution >= 0.6 is 0 Å². The first kappa shape index (κ1) is 14.8. The zero-order valence-electron chi connectivity index (χ0n) is 11.9. The zero-order chi connectivity index (χ0) is 15.4. The van der Waals surface area contributed by atoms with Gasteiger partial charge in [-0.15, -0.1) is 0 Å². The number of hydrogen-bond donors (Lipinski definition) is 0. The minimum Gasteiger partial charge on any atom is -0.465 e. The zero-order valence-corrected chi connectivity index (χ0v) is 11.9. The van der Waals surface area contributed by atoms with Crippen LogP contribution in [0.15, 0.2) is 46.0 Å². The molecule has 0 unspecified atom stereocenters. The summed E-state index contributed by atoms with van der Waals surface area (Å²) in [5, 5.41) is 0. The molecule has 2 rings (SSSR count). The molecule has 1 heterocycles. The van der Waals surface area contributed by atoms with Crippen LogP contribution in [0, 0.1) is 6.92 Å². The molecule has 0 fully saturated rings. The molecule has 0 radical (unpaired) electrons. The largest absolute Gasteiger partial charge is 0.465 e. The van der Waals surface area contributed by atoms with Gasteiger partial charge in [0.2, 0.25) is 0 Å². The summed E-state index contributed by atoms with van der Waals surface area (Å²) in [6, 6.07) is 10.3. The first-order chi connectivity index (χ1) is 10.0. The van der Waals surface area contributed by atoms with Gasteiger partial charge in [0.25, 0.3) is 5.56 Å². The molecule has 110 valence electrons. The van der Waals surface area contributed by atoms with Gasteiger partial charge in [0.05, 0.1) is 12.3 Å². The lowest BCUT2D eigenvalue weighted by Crippen LogP contribution is -2.41. The van der Waals surface area contributed by atoms with Gasteiger partial charge >= 0.3 is 11.7 Å². The van der Waals surface area contributed by atoms with Crippen molar-refractivity contribution in [1.29, 1.82) is 0 Å². The number of carbonyl (C=O) groups excluding carboxylic acids is 1. The van der Waals surface area contributed by atoms with Crippen LogP contribution in [0.5, 0.6) is 0 Å². The Hall–Kier alpha value is -2.63. The van der Waals surface area contributed by atoms with Gasteiger partial charge in [-0.1, -0.05) is 18.2 Å². The molecule has 1 aromatic heterocycles. The van der Waals surface area contributed by atoms with E-state index >= 15 is 0 Å². The molecule has 6 nitrogen and oxygen atoms in total. The Balaban J connectivity index is 2.56. The van der Waals surface area contributed by atoms with Gasteiger partial charge in [0, 0.05) is 11.8 Å². The van der Waals surface area contributed by atoms with E-state index < -0.39 is 23.8 Å². The van der Waals surface area contributed by atoms with Crippen LogP contribution in [-0.4, -0.2) is 21.7 Å². The van der Waals surface area contributed by atoms with E-state index in [2.05, 4.69) is 0 Å². The summed E-state index contributed by atoms with van der Waals surface area (Å²) in [6.07, 6.45) is 0. The van der Waals surface area contributed by atoms with E-state index in [1.807, 2.05) is 6.07 Å². The van der Waals surface area contributed by atoms with E-state index in [1.54, 1.807) is 38.1 Å². The maximum absolute atomic E-state index is 12.5. The number of para-hydroxylation sites is 1. The molecule has 6 heteroatoms. The Kier molecular flexibility index (Phi) is 4.37. The highest BCUT2D eigenvalue weighted by Gasteiger charge is 2.13. The lowest BCUT2D eigenvalue weighted by atomic mass is 10.3. The van der Waals surface area contributed by atoms with Crippen LogP contribution in [0.2, 0.25) is 0 Å². The van der Waals surface area contributed by atoms with Crippen LogP contribution in [0.25, 0.3) is 5.69 Å². The van der Waals surface area contributed by atoms with Crippen molar-refractivity contribution in [1.82, 2.24) is 9.13 Å². The number of carbonyl (C=O) groups is 1. The van der Waals surface area contributed by atoms with Crippen molar-refractivity contribution in [2.24, 2.45) is 0 Å². The summed E-state index contributed by atoms with van der Waals surface area (Å²) in [4.78, 5) is 35.9. The SMILES string of the molecule is CCOC(=O)Cn1c(=O)cc(C)n(-c2ccccc2)c1=O. The summed E-state index contributed by atoms with van der Waals surface area (Å²) in [5.74, 6) is -0.611.